The van der Waals surface area contributed by atoms with E-state index < -0.39 is 5.97 Å². The zero-order chi connectivity index (χ0) is 27.2. The number of hydrogen-bond donors (Lipinski definition) is 2. The lowest BCUT2D eigenvalue weighted by Gasteiger charge is -2.30. The molecule has 2 amide bonds. The number of urea groups is 1. The summed E-state index contributed by atoms with van der Waals surface area (Å²) in [6.45, 7) is 2.03. The summed E-state index contributed by atoms with van der Waals surface area (Å²) in [6, 6.07) is 39.0. The Morgan fingerprint density at radius 1 is 0.769 bits per heavy atom. The molecule has 0 aliphatic carbocycles. The Bertz CT molecular complexity index is 1590. The second-order valence-corrected chi connectivity index (χ2v) is 10.4. The molecule has 5 rings (SSSR count). The third-order valence-corrected chi connectivity index (χ3v) is 7.54. The van der Waals surface area contributed by atoms with Gasteiger partial charge in [-0.1, -0.05) is 84.6 Å². The van der Waals surface area contributed by atoms with E-state index in [9.17, 15) is 9.59 Å². The van der Waals surface area contributed by atoms with Crippen LogP contribution >= 0.6 is 11.8 Å². The SMILES string of the molecule is CC(c1ccccc1)N(C(=O)Nc1ccc(Sc2ccc(CC(=O)O)cc2)cc1)c1ccc2ccccc2c1. The molecular weight excluding hydrogens is 504 g/mol. The van der Waals surface area contributed by atoms with Crippen LogP contribution in [0.2, 0.25) is 0 Å². The summed E-state index contributed by atoms with van der Waals surface area (Å²) in [6.07, 6.45) is 0.0124. The fourth-order valence-corrected chi connectivity index (χ4v) is 5.32. The second kappa shape index (κ2) is 11.9. The lowest BCUT2D eigenvalue weighted by Crippen LogP contribution is -2.37. The number of carboxylic acid groups (broad SMARTS) is 1. The lowest BCUT2D eigenvalue weighted by atomic mass is 10.0. The second-order valence-electron chi connectivity index (χ2n) is 9.26. The van der Waals surface area contributed by atoms with Crippen molar-refractivity contribution in [2.45, 2.75) is 29.2 Å². The Morgan fingerprint density at radius 3 is 2.05 bits per heavy atom. The molecule has 0 aliphatic rings. The topological polar surface area (TPSA) is 69.6 Å². The number of nitrogens with zero attached hydrogens (tertiary/aromatic N) is 1. The van der Waals surface area contributed by atoms with Gasteiger partial charge in [-0.05, 0) is 77.4 Å². The predicted octanol–water partition coefficient (Wildman–Crippen LogP) is 8.42. The summed E-state index contributed by atoms with van der Waals surface area (Å²) in [5.74, 6) is -0.842. The van der Waals surface area contributed by atoms with Gasteiger partial charge in [-0.2, -0.15) is 0 Å². The van der Waals surface area contributed by atoms with E-state index in [2.05, 4.69) is 23.5 Å². The van der Waals surface area contributed by atoms with Crippen molar-refractivity contribution in [2.75, 3.05) is 10.2 Å². The summed E-state index contributed by atoms with van der Waals surface area (Å²) in [7, 11) is 0. The number of nitrogens with one attached hydrogen (secondary N) is 1. The smallest absolute Gasteiger partial charge is 0.326 e. The van der Waals surface area contributed by atoms with Gasteiger partial charge in [-0.25, -0.2) is 4.79 Å². The molecule has 5 aromatic carbocycles. The molecule has 0 saturated carbocycles. The summed E-state index contributed by atoms with van der Waals surface area (Å²) in [5.41, 5.74) is 3.33. The molecule has 0 aliphatic heterocycles. The monoisotopic (exact) mass is 532 g/mol. The highest BCUT2D eigenvalue weighted by Crippen LogP contribution is 2.32. The number of carbonyl (C=O) groups excluding carboxylic acids is 1. The first-order valence-electron chi connectivity index (χ1n) is 12.7. The Balaban J connectivity index is 1.34. The molecule has 194 valence electrons. The van der Waals surface area contributed by atoms with Crippen molar-refractivity contribution in [3.8, 4) is 0 Å². The van der Waals surface area contributed by atoms with Crippen LogP contribution in [0.15, 0.2) is 131 Å². The van der Waals surface area contributed by atoms with Crippen molar-refractivity contribution < 1.29 is 14.7 Å². The molecule has 0 bridgehead atoms. The van der Waals surface area contributed by atoms with Crippen molar-refractivity contribution in [1.29, 1.82) is 0 Å². The summed E-state index contributed by atoms with van der Waals surface area (Å²) in [4.78, 5) is 28.4. The van der Waals surface area contributed by atoms with E-state index in [4.69, 9.17) is 5.11 Å². The van der Waals surface area contributed by atoms with Gasteiger partial charge in [0, 0.05) is 21.2 Å². The van der Waals surface area contributed by atoms with Gasteiger partial charge in [0.05, 0.1) is 12.5 Å². The Hall–Kier alpha value is -4.55. The minimum Gasteiger partial charge on any atom is -0.481 e. The van der Waals surface area contributed by atoms with Gasteiger partial charge < -0.3 is 10.4 Å². The number of benzene rings is 5. The van der Waals surface area contributed by atoms with Crippen LogP contribution in [0.3, 0.4) is 0 Å². The maximum absolute atomic E-state index is 13.7. The van der Waals surface area contributed by atoms with Gasteiger partial charge in [0.15, 0.2) is 0 Å². The van der Waals surface area contributed by atoms with Gasteiger partial charge in [-0.3, -0.25) is 9.69 Å². The molecule has 1 atom stereocenters. The molecule has 0 saturated heterocycles. The van der Waals surface area contributed by atoms with Crippen molar-refractivity contribution in [3.05, 3.63) is 132 Å². The molecule has 0 heterocycles. The van der Waals surface area contributed by atoms with Crippen LogP contribution in [0.4, 0.5) is 16.2 Å². The molecule has 0 aromatic heterocycles. The number of anilines is 2. The number of fused-ring (bicyclic) bond motifs is 1. The summed E-state index contributed by atoms with van der Waals surface area (Å²) < 4.78 is 0. The van der Waals surface area contributed by atoms with Crippen molar-refractivity contribution in [1.82, 2.24) is 0 Å². The van der Waals surface area contributed by atoms with E-state index in [0.717, 1.165) is 37.4 Å². The Morgan fingerprint density at radius 2 is 1.38 bits per heavy atom. The third kappa shape index (κ3) is 6.48. The largest absolute Gasteiger partial charge is 0.481 e. The Kier molecular flexibility index (Phi) is 7.94. The zero-order valence-corrected chi connectivity index (χ0v) is 22.3. The molecule has 6 heteroatoms. The van der Waals surface area contributed by atoms with Gasteiger partial charge in [0.25, 0.3) is 0 Å². The molecule has 5 aromatic rings. The van der Waals surface area contributed by atoms with E-state index in [1.165, 1.54) is 0 Å². The number of hydrogen-bond acceptors (Lipinski definition) is 3. The van der Waals surface area contributed by atoms with Crippen LogP contribution in [0.5, 0.6) is 0 Å². The molecule has 0 spiro atoms. The first-order valence-corrected chi connectivity index (χ1v) is 13.5. The van der Waals surface area contributed by atoms with Crippen LogP contribution < -0.4 is 10.2 Å². The first kappa shape index (κ1) is 26.1. The zero-order valence-electron chi connectivity index (χ0n) is 21.5. The Labute approximate surface area is 232 Å². The van der Waals surface area contributed by atoms with Crippen LogP contribution in [-0.4, -0.2) is 17.1 Å². The van der Waals surface area contributed by atoms with E-state index >= 15 is 0 Å². The van der Waals surface area contributed by atoms with Crippen molar-refractivity contribution in [3.63, 3.8) is 0 Å². The van der Waals surface area contributed by atoms with Crippen molar-refractivity contribution >= 4 is 45.9 Å². The molecule has 5 nitrogen and oxygen atoms in total. The number of amides is 2. The fraction of sp³-hybridized carbons (Fsp3) is 0.0909. The van der Waals surface area contributed by atoms with E-state index in [-0.39, 0.29) is 18.5 Å². The van der Waals surface area contributed by atoms with Gasteiger partial charge >= 0.3 is 12.0 Å². The quantitative estimate of drug-likeness (QED) is 0.210. The standard InChI is InChI=1S/C33H28N2O3S/c1-23(25-7-3-2-4-8-25)35(29-16-13-26-9-5-6-10-27(26)22-29)33(38)34-28-14-19-31(20-15-28)39-30-17-11-24(12-18-30)21-32(36)37/h2-20,22-23H,21H2,1H3,(H,34,38)(H,36,37). The van der Waals surface area contributed by atoms with E-state index in [0.29, 0.717) is 5.69 Å². The fourth-order valence-electron chi connectivity index (χ4n) is 4.50. The third-order valence-electron chi connectivity index (χ3n) is 6.52. The van der Waals surface area contributed by atoms with E-state index in [1.807, 2.05) is 110 Å². The average molecular weight is 533 g/mol. The molecule has 2 N–H and O–H groups in total. The van der Waals surface area contributed by atoms with Gasteiger partial charge in [-0.15, -0.1) is 0 Å². The normalized spacial score (nSPS) is 11.6. The molecular formula is C33H28N2O3S. The number of rotatable bonds is 8. The molecule has 0 radical (unpaired) electrons. The van der Waals surface area contributed by atoms with Crippen LogP contribution in [0, 0.1) is 0 Å². The maximum Gasteiger partial charge on any atom is 0.326 e. The highest BCUT2D eigenvalue weighted by molar-refractivity contribution is 7.99. The van der Waals surface area contributed by atoms with Crippen LogP contribution in [-0.2, 0) is 11.2 Å². The summed E-state index contributed by atoms with van der Waals surface area (Å²) >= 11 is 1.58. The predicted molar refractivity (Wildman–Crippen MR) is 159 cm³/mol. The average Bonchev–Trinajstić information content (AvgIpc) is 2.95. The highest BCUT2D eigenvalue weighted by atomic mass is 32.2. The van der Waals surface area contributed by atoms with Gasteiger partial charge in [0.2, 0.25) is 0 Å². The number of carbonyl (C=O) groups is 2. The van der Waals surface area contributed by atoms with E-state index in [1.54, 1.807) is 16.7 Å². The molecule has 39 heavy (non-hydrogen) atoms. The number of aliphatic carboxylic acids is 1. The highest BCUT2D eigenvalue weighted by Gasteiger charge is 2.24. The minimum atomic E-state index is -0.842. The summed E-state index contributed by atoms with van der Waals surface area (Å²) in [5, 5.41) is 14.2. The first-order chi connectivity index (χ1) is 19.0. The van der Waals surface area contributed by atoms with Gasteiger partial charge in [0.1, 0.15) is 0 Å². The van der Waals surface area contributed by atoms with Crippen molar-refractivity contribution in [2.24, 2.45) is 0 Å². The number of carboxylic acids is 1. The van der Waals surface area contributed by atoms with Crippen LogP contribution in [0.25, 0.3) is 10.8 Å². The lowest BCUT2D eigenvalue weighted by molar-refractivity contribution is -0.136. The van der Waals surface area contributed by atoms with Crippen LogP contribution in [0.1, 0.15) is 24.1 Å². The molecule has 1 unspecified atom stereocenters. The molecule has 0 fully saturated rings. The minimum absolute atomic E-state index is 0.0124. The maximum atomic E-state index is 13.7.